The van der Waals surface area contributed by atoms with Crippen molar-refractivity contribution in [3.63, 3.8) is 0 Å². The van der Waals surface area contributed by atoms with Crippen LogP contribution in [0, 0.1) is 6.92 Å². The number of hydrogen-bond donors (Lipinski definition) is 4. The third-order valence-corrected chi connectivity index (χ3v) is 5.24. The maximum absolute atomic E-state index is 12.6. The highest BCUT2D eigenvalue weighted by Gasteiger charge is 2.22. The minimum atomic E-state index is -1.16. The van der Waals surface area contributed by atoms with Gasteiger partial charge in [-0.3, -0.25) is 9.59 Å². The van der Waals surface area contributed by atoms with E-state index in [-0.39, 0.29) is 12.5 Å². The number of nitrogens with one attached hydrogen (secondary N) is 1. The average molecular weight is 401 g/mol. The lowest BCUT2D eigenvalue weighted by molar-refractivity contribution is -0.120. The maximum Gasteiger partial charge on any atom is 0.253 e. The molecular formula is C19H19N3O5S. The zero-order valence-electron chi connectivity index (χ0n) is 15.0. The summed E-state index contributed by atoms with van der Waals surface area (Å²) >= 11 is 1.43. The van der Waals surface area contributed by atoms with Gasteiger partial charge in [0.05, 0.1) is 17.7 Å². The average Bonchev–Trinajstić information content (AvgIpc) is 3.00. The number of aryl methyl sites for hydroxylation is 1. The second-order valence-corrected chi connectivity index (χ2v) is 7.33. The molecule has 0 radical (unpaired) electrons. The van der Waals surface area contributed by atoms with Crippen molar-refractivity contribution in [1.29, 1.82) is 0 Å². The zero-order chi connectivity index (χ0) is 20.3. The number of carbonyl (C=O) groups excluding carboxylic acids is 2. The van der Waals surface area contributed by atoms with E-state index in [1.807, 2.05) is 6.07 Å². The van der Waals surface area contributed by atoms with Crippen molar-refractivity contribution >= 4 is 33.2 Å². The maximum atomic E-state index is 12.6. The highest BCUT2D eigenvalue weighted by atomic mass is 32.1. The predicted molar refractivity (Wildman–Crippen MR) is 104 cm³/mol. The number of aliphatic hydroxyl groups excluding tert-OH is 1. The minimum Gasteiger partial charge on any atom is -0.493 e. The van der Waals surface area contributed by atoms with Crippen LogP contribution in [0.15, 0.2) is 36.5 Å². The van der Waals surface area contributed by atoms with Crippen LogP contribution in [0.25, 0.3) is 10.1 Å². The molecule has 1 aromatic carbocycles. The van der Waals surface area contributed by atoms with Crippen molar-refractivity contribution in [3.8, 4) is 11.6 Å². The number of aromatic hydroxyl groups is 1. The topological polar surface area (TPSA) is 135 Å². The highest BCUT2D eigenvalue weighted by Crippen LogP contribution is 2.34. The number of benzene rings is 1. The molecule has 3 rings (SSSR count). The summed E-state index contributed by atoms with van der Waals surface area (Å²) < 4.78 is 6.60. The molecule has 9 heteroatoms. The number of primary amides is 1. The summed E-state index contributed by atoms with van der Waals surface area (Å²) in [6.45, 7) is 1.33. The zero-order valence-corrected chi connectivity index (χ0v) is 15.8. The SMILES string of the molecule is Cc1sc2ccc(OCc3cccnc3O)cc2c1C(=O)N[C@@H](CO)C(N)=O. The molecule has 0 fully saturated rings. The molecule has 0 spiro atoms. The number of aromatic nitrogens is 1. The standard InChI is InChI=1S/C19H19N3O5S/c1-10-16(19(26)22-14(8-23)17(20)24)13-7-12(4-5-15(13)28-10)27-9-11-3-2-6-21-18(11)25/h2-7,14,23H,8-9H2,1H3,(H2,20,24)(H,21,25)(H,22,26)/t14-/m0/s1. The van der Waals surface area contributed by atoms with E-state index in [1.165, 1.54) is 17.5 Å². The summed E-state index contributed by atoms with van der Waals surface area (Å²) in [6.07, 6.45) is 1.48. The van der Waals surface area contributed by atoms with E-state index in [0.717, 1.165) is 9.58 Å². The Kier molecular flexibility index (Phi) is 5.76. The van der Waals surface area contributed by atoms with Gasteiger partial charge in [-0.15, -0.1) is 11.3 Å². The first-order valence-corrected chi connectivity index (χ1v) is 9.22. The molecule has 8 nitrogen and oxygen atoms in total. The third kappa shape index (κ3) is 4.05. The first-order valence-electron chi connectivity index (χ1n) is 8.40. The van der Waals surface area contributed by atoms with Crippen LogP contribution < -0.4 is 15.8 Å². The number of pyridine rings is 1. The molecule has 2 amide bonds. The number of thiophene rings is 1. The summed E-state index contributed by atoms with van der Waals surface area (Å²) in [4.78, 5) is 28.5. The quantitative estimate of drug-likeness (QED) is 0.473. The summed E-state index contributed by atoms with van der Waals surface area (Å²) in [7, 11) is 0. The first-order chi connectivity index (χ1) is 13.4. The molecule has 0 saturated carbocycles. The number of ether oxygens (including phenoxy) is 1. The van der Waals surface area contributed by atoms with E-state index in [2.05, 4.69) is 10.3 Å². The van der Waals surface area contributed by atoms with Gasteiger partial charge in [-0.1, -0.05) is 0 Å². The fourth-order valence-corrected chi connectivity index (χ4v) is 3.75. The van der Waals surface area contributed by atoms with Crippen LogP contribution >= 0.6 is 11.3 Å². The third-order valence-electron chi connectivity index (χ3n) is 4.16. The fourth-order valence-electron chi connectivity index (χ4n) is 2.71. The molecule has 0 aliphatic rings. The molecule has 2 heterocycles. The molecule has 0 aliphatic heterocycles. The van der Waals surface area contributed by atoms with Crippen molar-refractivity contribution in [2.45, 2.75) is 19.6 Å². The number of rotatable bonds is 7. The van der Waals surface area contributed by atoms with Crippen LogP contribution in [0.3, 0.4) is 0 Å². The van der Waals surface area contributed by atoms with E-state index in [4.69, 9.17) is 10.5 Å². The van der Waals surface area contributed by atoms with E-state index in [9.17, 15) is 19.8 Å². The second-order valence-electron chi connectivity index (χ2n) is 6.08. The summed E-state index contributed by atoms with van der Waals surface area (Å²) in [6, 6.07) is 7.57. The van der Waals surface area contributed by atoms with Gasteiger partial charge in [-0.05, 0) is 37.3 Å². The Morgan fingerprint density at radius 1 is 1.36 bits per heavy atom. The predicted octanol–water partition coefficient (Wildman–Crippen LogP) is 1.47. The van der Waals surface area contributed by atoms with Crippen LogP contribution in [0.1, 0.15) is 20.8 Å². The summed E-state index contributed by atoms with van der Waals surface area (Å²) in [5, 5.41) is 22.1. The number of amides is 2. The molecule has 0 bridgehead atoms. The van der Waals surface area contributed by atoms with Crippen molar-refractivity contribution < 1.29 is 24.5 Å². The van der Waals surface area contributed by atoms with Gasteiger partial charge in [0.15, 0.2) is 0 Å². The molecule has 3 aromatic rings. The molecular weight excluding hydrogens is 382 g/mol. The highest BCUT2D eigenvalue weighted by molar-refractivity contribution is 7.19. The fraction of sp³-hybridized carbons (Fsp3) is 0.211. The normalized spacial score (nSPS) is 11.9. The molecule has 146 valence electrons. The van der Waals surface area contributed by atoms with Gasteiger partial charge in [-0.2, -0.15) is 0 Å². The lowest BCUT2D eigenvalue weighted by Crippen LogP contribution is -2.46. The van der Waals surface area contributed by atoms with Crippen LogP contribution in [0.2, 0.25) is 0 Å². The second kappa shape index (κ2) is 8.24. The number of nitrogens with zero attached hydrogens (tertiary/aromatic N) is 1. The van der Waals surface area contributed by atoms with Crippen LogP contribution in [0.4, 0.5) is 0 Å². The van der Waals surface area contributed by atoms with E-state index in [0.29, 0.717) is 22.3 Å². The molecule has 0 saturated heterocycles. The number of aliphatic hydroxyl groups is 1. The molecule has 1 atom stereocenters. The Morgan fingerprint density at radius 3 is 2.82 bits per heavy atom. The van der Waals surface area contributed by atoms with Gasteiger partial charge in [0.1, 0.15) is 18.4 Å². The molecule has 2 aromatic heterocycles. The number of hydrogen-bond acceptors (Lipinski definition) is 7. The van der Waals surface area contributed by atoms with Gasteiger partial charge in [-0.25, -0.2) is 4.98 Å². The van der Waals surface area contributed by atoms with Gasteiger partial charge in [0.2, 0.25) is 11.8 Å². The molecule has 5 N–H and O–H groups in total. The molecule has 28 heavy (non-hydrogen) atoms. The largest absolute Gasteiger partial charge is 0.493 e. The van der Waals surface area contributed by atoms with Gasteiger partial charge in [0.25, 0.3) is 5.91 Å². The lowest BCUT2D eigenvalue weighted by atomic mass is 10.1. The first kappa shape index (κ1) is 19.6. The molecule has 0 unspecified atom stereocenters. The Bertz CT molecular complexity index is 1030. The van der Waals surface area contributed by atoms with Gasteiger partial charge >= 0.3 is 0 Å². The Hall–Kier alpha value is -3.17. The summed E-state index contributed by atoms with van der Waals surface area (Å²) in [5.41, 5.74) is 6.11. The van der Waals surface area contributed by atoms with Gasteiger partial charge in [0, 0.05) is 21.2 Å². The van der Waals surface area contributed by atoms with E-state index >= 15 is 0 Å². The van der Waals surface area contributed by atoms with E-state index in [1.54, 1.807) is 31.2 Å². The Labute approximate surface area is 164 Å². The lowest BCUT2D eigenvalue weighted by Gasteiger charge is -2.13. The Morgan fingerprint density at radius 2 is 2.14 bits per heavy atom. The summed E-state index contributed by atoms with van der Waals surface area (Å²) in [5.74, 6) is -0.898. The van der Waals surface area contributed by atoms with Crippen molar-refractivity contribution in [3.05, 3.63) is 52.5 Å². The number of nitrogens with two attached hydrogens (primary N) is 1. The van der Waals surface area contributed by atoms with Crippen LogP contribution in [0.5, 0.6) is 11.6 Å². The van der Waals surface area contributed by atoms with Crippen LogP contribution in [-0.2, 0) is 11.4 Å². The Balaban J connectivity index is 1.86. The van der Waals surface area contributed by atoms with E-state index < -0.39 is 24.5 Å². The number of carbonyl (C=O) groups is 2. The molecule has 0 aliphatic carbocycles. The van der Waals surface area contributed by atoms with Crippen molar-refractivity contribution in [2.75, 3.05) is 6.61 Å². The van der Waals surface area contributed by atoms with Crippen LogP contribution in [-0.4, -0.2) is 39.7 Å². The van der Waals surface area contributed by atoms with Crippen molar-refractivity contribution in [1.82, 2.24) is 10.3 Å². The number of fused-ring (bicyclic) bond motifs is 1. The van der Waals surface area contributed by atoms with Crippen molar-refractivity contribution in [2.24, 2.45) is 5.73 Å². The minimum absolute atomic E-state index is 0.100. The van der Waals surface area contributed by atoms with Gasteiger partial charge < -0.3 is 26.0 Å². The monoisotopic (exact) mass is 401 g/mol. The smallest absolute Gasteiger partial charge is 0.253 e.